The predicted octanol–water partition coefficient (Wildman–Crippen LogP) is 1.19. The van der Waals surface area contributed by atoms with Gasteiger partial charge in [0.25, 0.3) is 5.91 Å². The number of aliphatic hydroxyl groups is 1. The molecule has 1 aromatic rings. The summed E-state index contributed by atoms with van der Waals surface area (Å²) >= 11 is 0. The number of carbonyl (C=O) groups excluding carboxylic acids is 1. The smallest absolute Gasteiger partial charge is 0.255 e. The number of hydrogen-bond donors (Lipinski definition) is 1. The first-order chi connectivity index (χ1) is 9.02. The van der Waals surface area contributed by atoms with E-state index in [1.54, 1.807) is 11.0 Å². The van der Waals surface area contributed by atoms with Crippen molar-refractivity contribution in [2.24, 2.45) is 5.92 Å². The summed E-state index contributed by atoms with van der Waals surface area (Å²) in [6, 6.07) is 1.79. The van der Waals surface area contributed by atoms with Gasteiger partial charge in [0.2, 0.25) is 0 Å². The Morgan fingerprint density at radius 2 is 2.26 bits per heavy atom. The van der Waals surface area contributed by atoms with Crippen LogP contribution >= 0.6 is 0 Å². The summed E-state index contributed by atoms with van der Waals surface area (Å²) in [4.78, 5) is 14.3. The molecule has 1 N–H and O–H groups in total. The van der Waals surface area contributed by atoms with E-state index in [0.29, 0.717) is 25.1 Å². The molecule has 1 aliphatic heterocycles. The molecule has 2 unspecified atom stereocenters. The average Bonchev–Trinajstić information content (AvgIpc) is 2.41. The van der Waals surface area contributed by atoms with Gasteiger partial charge < -0.3 is 10.0 Å². The van der Waals surface area contributed by atoms with E-state index in [0.717, 1.165) is 17.8 Å². The summed E-state index contributed by atoms with van der Waals surface area (Å²) in [5, 5.41) is 18.0. The Morgan fingerprint density at radius 3 is 2.89 bits per heavy atom. The van der Waals surface area contributed by atoms with Crippen molar-refractivity contribution >= 4 is 5.91 Å². The number of aliphatic hydroxyl groups excluding tert-OH is 1. The third kappa shape index (κ3) is 2.92. The van der Waals surface area contributed by atoms with Gasteiger partial charge in [0.15, 0.2) is 0 Å². The number of rotatable bonds is 2. The summed E-state index contributed by atoms with van der Waals surface area (Å²) in [7, 11) is 0. The molecule has 1 fully saturated rings. The highest BCUT2D eigenvalue weighted by Gasteiger charge is 2.29. The summed E-state index contributed by atoms with van der Waals surface area (Å²) < 4.78 is 0. The van der Waals surface area contributed by atoms with Crippen molar-refractivity contribution < 1.29 is 9.90 Å². The molecule has 1 amide bonds. The number of hydrogen-bond acceptors (Lipinski definition) is 4. The summed E-state index contributed by atoms with van der Waals surface area (Å²) in [6.45, 7) is 6.91. The lowest BCUT2D eigenvalue weighted by Crippen LogP contribution is -2.46. The minimum absolute atomic E-state index is 0.0409. The normalized spacial score (nSPS) is 23.5. The third-order valence-corrected chi connectivity index (χ3v) is 3.76. The number of aryl methyl sites for hydroxylation is 2. The van der Waals surface area contributed by atoms with E-state index in [1.165, 1.54) is 0 Å². The summed E-state index contributed by atoms with van der Waals surface area (Å²) in [6.07, 6.45) is 1.09. The average molecular weight is 263 g/mol. The first-order valence-corrected chi connectivity index (χ1v) is 6.83. The molecule has 19 heavy (non-hydrogen) atoms. The van der Waals surface area contributed by atoms with Gasteiger partial charge >= 0.3 is 0 Å². The Balaban J connectivity index is 2.22. The second kappa shape index (κ2) is 5.65. The maximum Gasteiger partial charge on any atom is 0.255 e. The second-order valence-electron chi connectivity index (χ2n) is 5.28. The van der Waals surface area contributed by atoms with Gasteiger partial charge in [-0.3, -0.25) is 4.79 Å². The minimum atomic E-state index is -0.432. The number of aromatic nitrogens is 2. The van der Waals surface area contributed by atoms with Gasteiger partial charge in [-0.15, -0.1) is 0 Å². The van der Waals surface area contributed by atoms with E-state index in [1.807, 2.05) is 20.8 Å². The van der Waals surface area contributed by atoms with Crippen LogP contribution in [0.25, 0.3) is 0 Å². The molecule has 2 rings (SSSR count). The molecular weight excluding hydrogens is 242 g/mol. The number of carbonyl (C=O) groups is 1. The van der Waals surface area contributed by atoms with Crippen LogP contribution in [0.2, 0.25) is 0 Å². The number of likely N-dealkylation sites (tertiary alicyclic amines) is 1. The number of β-amino-alcohol motifs (C(OH)–C–C–N with tert-alkyl or cyclic N) is 1. The van der Waals surface area contributed by atoms with E-state index in [-0.39, 0.29) is 11.8 Å². The molecule has 2 atom stereocenters. The van der Waals surface area contributed by atoms with Crippen LogP contribution < -0.4 is 0 Å². The van der Waals surface area contributed by atoms with Crippen molar-refractivity contribution in [3.05, 3.63) is 23.0 Å². The monoisotopic (exact) mass is 263 g/mol. The van der Waals surface area contributed by atoms with Crippen LogP contribution in [-0.2, 0) is 6.42 Å². The standard InChI is InChI=1S/C14H21N3O2/c1-4-12-11(7-10(3)15-16-12)14(19)17-6-5-9(2)13(18)8-17/h7,9,13,18H,4-6,8H2,1-3H3. The van der Waals surface area contributed by atoms with E-state index >= 15 is 0 Å². The molecular formula is C14H21N3O2. The molecule has 0 radical (unpaired) electrons. The van der Waals surface area contributed by atoms with E-state index in [4.69, 9.17) is 0 Å². The Labute approximate surface area is 113 Å². The Morgan fingerprint density at radius 1 is 1.53 bits per heavy atom. The topological polar surface area (TPSA) is 66.3 Å². The quantitative estimate of drug-likeness (QED) is 0.870. The van der Waals surface area contributed by atoms with Crippen LogP contribution in [-0.4, -0.2) is 45.3 Å². The number of piperidine rings is 1. The highest BCUT2D eigenvalue weighted by Crippen LogP contribution is 2.20. The highest BCUT2D eigenvalue weighted by molar-refractivity contribution is 5.95. The Hall–Kier alpha value is -1.49. The first-order valence-electron chi connectivity index (χ1n) is 6.83. The van der Waals surface area contributed by atoms with E-state index < -0.39 is 6.10 Å². The van der Waals surface area contributed by atoms with Crippen molar-refractivity contribution in [1.29, 1.82) is 0 Å². The fourth-order valence-electron chi connectivity index (χ4n) is 2.36. The lowest BCUT2D eigenvalue weighted by molar-refractivity contribution is 0.0247. The van der Waals surface area contributed by atoms with Crippen LogP contribution in [0.4, 0.5) is 0 Å². The van der Waals surface area contributed by atoms with Crippen molar-refractivity contribution in [3.63, 3.8) is 0 Å². The second-order valence-corrected chi connectivity index (χ2v) is 5.28. The molecule has 1 aliphatic rings. The van der Waals surface area contributed by atoms with E-state index in [9.17, 15) is 9.90 Å². The van der Waals surface area contributed by atoms with Crippen molar-refractivity contribution in [2.45, 2.75) is 39.7 Å². The number of amides is 1. The minimum Gasteiger partial charge on any atom is -0.391 e. The van der Waals surface area contributed by atoms with Crippen LogP contribution in [0.3, 0.4) is 0 Å². The Bertz CT molecular complexity index is 476. The first kappa shape index (κ1) is 13.9. The molecule has 1 saturated heterocycles. The Kier molecular flexibility index (Phi) is 4.14. The molecule has 104 valence electrons. The summed E-state index contributed by atoms with van der Waals surface area (Å²) in [5.41, 5.74) is 2.09. The molecule has 0 aromatic carbocycles. The molecule has 0 spiro atoms. The van der Waals surface area contributed by atoms with Crippen LogP contribution in [0.1, 0.15) is 42.0 Å². The molecule has 0 bridgehead atoms. The van der Waals surface area contributed by atoms with Gasteiger partial charge in [-0.05, 0) is 31.7 Å². The predicted molar refractivity (Wildman–Crippen MR) is 71.8 cm³/mol. The van der Waals surface area contributed by atoms with Crippen LogP contribution in [0, 0.1) is 12.8 Å². The maximum atomic E-state index is 12.5. The maximum absolute atomic E-state index is 12.5. The van der Waals surface area contributed by atoms with Gasteiger partial charge in [0.1, 0.15) is 0 Å². The zero-order valence-electron chi connectivity index (χ0n) is 11.8. The molecule has 2 heterocycles. The fourth-order valence-corrected chi connectivity index (χ4v) is 2.36. The molecule has 5 heteroatoms. The lowest BCUT2D eigenvalue weighted by atomic mass is 9.95. The van der Waals surface area contributed by atoms with Gasteiger partial charge in [-0.2, -0.15) is 10.2 Å². The van der Waals surface area contributed by atoms with Gasteiger partial charge in [0, 0.05) is 13.1 Å². The van der Waals surface area contributed by atoms with E-state index in [2.05, 4.69) is 10.2 Å². The van der Waals surface area contributed by atoms with Gasteiger partial charge in [-0.25, -0.2) is 0 Å². The largest absolute Gasteiger partial charge is 0.391 e. The van der Waals surface area contributed by atoms with Crippen molar-refractivity contribution in [1.82, 2.24) is 15.1 Å². The van der Waals surface area contributed by atoms with Crippen LogP contribution in [0.15, 0.2) is 6.07 Å². The highest BCUT2D eigenvalue weighted by atomic mass is 16.3. The summed E-state index contributed by atoms with van der Waals surface area (Å²) in [5.74, 6) is 0.216. The molecule has 0 saturated carbocycles. The molecule has 1 aromatic heterocycles. The number of nitrogens with zero attached hydrogens (tertiary/aromatic N) is 3. The van der Waals surface area contributed by atoms with Crippen molar-refractivity contribution in [2.75, 3.05) is 13.1 Å². The fraction of sp³-hybridized carbons (Fsp3) is 0.643. The van der Waals surface area contributed by atoms with Gasteiger partial charge in [-0.1, -0.05) is 13.8 Å². The molecule has 5 nitrogen and oxygen atoms in total. The zero-order valence-corrected chi connectivity index (χ0v) is 11.8. The zero-order chi connectivity index (χ0) is 14.0. The van der Waals surface area contributed by atoms with Crippen molar-refractivity contribution in [3.8, 4) is 0 Å². The molecule has 0 aliphatic carbocycles. The third-order valence-electron chi connectivity index (χ3n) is 3.76. The van der Waals surface area contributed by atoms with Gasteiger partial charge in [0.05, 0.1) is 23.1 Å². The lowest BCUT2D eigenvalue weighted by Gasteiger charge is -2.34. The van der Waals surface area contributed by atoms with Crippen LogP contribution in [0.5, 0.6) is 0 Å². The SMILES string of the molecule is CCc1nnc(C)cc1C(=O)N1CCC(C)C(O)C1.